The summed E-state index contributed by atoms with van der Waals surface area (Å²) in [5.41, 5.74) is 0.440. The molecule has 4 N–H and O–H groups in total. The Morgan fingerprint density at radius 1 is 1.31 bits per heavy atom. The molecule has 1 aromatic heterocycles. The fourth-order valence-corrected chi connectivity index (χ4v) is 5.91. The summed E-state index contributed by atoms with van der Waals surface area (Å²) in [6, 6.07) is -2.11. The molecular formula is C19H25N7O8S2. The van der Waals surface area contributed by atoms with Gasteiger partial charge in [-0.05, 0) is 35.8 Å². The fraction of sp³-hybridized carbons (Fsp3) is 0.579. The molecule has 3 rings (SSSR count). The second-order valence-electron chi connectivity index (χ2n) is 7.73. The van der Waals surface area contributed by atoms with Crippen molar-refractivity contribution >= 4 is 53.4 Å². The van der Waals surface area contributed by atoms with E-state index in [2.05, 4.69) is 30.9 Å². The molecule has 2 aliphatic heterocycles. The van der Waals surface area contributed by atoms with E-state index in [-0.39, 0.29) is 37.3 Å². The Hall–Kier alpha value is -3.34. The first-order valence-corrected chi connectivity index (χ1v) is 12.9. The first-order valence-electron chi connectivity index (χ1n) is 10.8. The highest BCUT2D eigenvalue weighted by atomic mass is 32.2. The van der Waals surface area contributed by atoms with Crippen molar-refractivity contribution < 1.29 is 38.9 Å². The number of aliphatic carboxylic acids is 2. The van der Waals surface area contributed by atoms with Gasteiger partial charge in [-0.3, -0.25) is 14.5 Å². The molecule has 2 aliphatic rings. The molecule has 3 heterocycles. The van der Waals surface area contributed by atoms with Crippen LogP contribution in [0.4, 0.5) is 4.79 Å². The highest BCUT2D eigenvalue weighted by molar-refractivity contribution is 8.01. The van der Waals surface area contributed by atoms with Crippen LogP contribution in [-0.2, 0) is 31.0 Å². The molecule has 15 nitrogen and oxygen atoms in total. The van der Waals surface area contributed by atoms with Gasteiger partial charge in [0.2, 0.25) is 11.1 Å². The van der Waals surface area contributed by atoms with Gasteiger partial charge in [0.1, 0.15) is 23.2 Å². The first-order chi connectivity index (χ1) is 17.1. The molecule has 0 unspecified atom stereocenters. The standard InChI is InChI=1S/C19H25N7O8S2/c1-3-34-19(33)20-10(16(29)30)5-4-6-11(27)21-12-14(28)26-13(17(31)32)9(7-35-15(12)26)8-36-18-22-23-24-25(18)2/h10,12,15H,3-8H2,1-2H3,(H,20,33)(H,21,27)(H,29,30)(H,31,32)/t10-,12-,15-/m1/s1. The number of carbonyl (C=O) groups is 5. The SMILES string of the molecule is CCOC(=O)N[C@H](CCCC(=O)N[C@@H]1C(=O)N2C(C(=O)O)=C(CSc3nnnn3C)CS[C@H]12)C(=O)O. The highest BCUT2D eigenvalue weighted by Crippen LogP contribution is 2.41. The van der Waals surface area contributed by atoms with E-state index in [0.717, 1.165) is 0 Å². The molecule has 0 spiro atoms. The number of ether oxygens (including phenoxy) is 1. The maximum atomic E-state index is 12.8. The zero-order valence-corrected chi connectivity index (χ0v) is 21.0. The molecule has 0 bridgehead atoms. The topological polar surface area (TPSA) is 206 Å². The quantitative estimate of drug-likeness (QED) is 0.192. The lowest BCUT2D eigenvalue weighted by Gasteiger charge is -2.49. The smallest absolute Gasteiger partial charge is 0.407 e. The molecule has 0 aromatic carbocycles. The minimum absolute atomic E-state index is 0.0154. The molecule has 1 fully saturated rings. The number of fused-ring (bicyclic) bond motifs is 1. The number of alkyl carbamates (subject to hydrolysis) is 1. The number of nitrogens with zero attached hydrogens (tertiary/aromatic N) is 5. The van der Waals surface area contributed by atoms with Crippen molar-refractivity contribution in [2.24, 2.45) is 7.05 Å². The van der Waals surface area contributed by atoms with Crippen molar-refractivity contribution in [2.75, 3.05) is 18.1 Å². The molecule has 17 heteroatoms. The van der Waals surface area contributed by atoms with Crippen molar-refractivity contribution in [2.45, 2.75) is 48.8 Å². The Kier molecular flexibility index (Phi) is 9.14. The summed E-state index contributed by atoms with van der Waals surface area (Å²) >= 11 is 2.59. The van der Waals surface area contributed by atoms with E-state index in [0.29, 0.717) is 16.5 Å². The van der Waals surface area contributed by atoms with Crippen LogP contribution < -0.4 is 10.6 Å². The van der Waals surface area contributed by atoms with Crippen molar-refractivity contribution in [1.29, 1.82) is 0 Å². The summed E-state index contributed by atoms with van der Waals surface area (Å²) in [6.45, 7) is 1.67. The van der Waals surface area contributed by atoms with Crippen LogP contribution in [0.1, 0.15) is 26.2 Å². The third-order valence-electron chi connectivity index (χ3n) is 5.29. The molecule has 3 amide bonds. The van der Waals surface area contributed by atoms with E-state index in [1.807, 2.05) is 0 Å². The van der Waals surface area contributed by atoms with Crippen molar-refractivity contribution in [3.8, 4) is 0 Å². The number of aromatic nitrogens is 4. The summed E-state index contributed by atoms with van der Waals surface area (Å²) in [6.07, 6.45) is -0.823. The Bertz CT molecular complexity index is 1080. The van der Waals surface area contributed by atoms with E-state index in [9.17, 15) is 34.2 Å². The molecule has 0 aliphatic carbocycles. The number of β-lactam (4-membered cyclic amide) rings is 1. The molecular weight excluding hydrogens is 518 g/mol. The van der Waals surface area contributed by atoms with Crippen LogP contribution in [0.3, 0.4) is 0 Å². The Labute approximate surface area is 213 Å². The summed E-state index contributed by atoms with van der Waals surface area (Å²) in [5, 5.41) is 34.8. The van der Waals surface area contributed by atoms with Crippen molar-refractivity contribution in [3.63, 3.8) is 0 Å². The van der Waals surface area contributed by atoms with Crippen LogP contribution in [0.2, 0.25) is 0 Å². The summed E-state index contributed by atoms with van der Waals surface area (Å²) in [7, 11) is 1.66. The van der Waals surface area contributed by atoms with Crippen molar-refractivity contribution in [3.05, 3.63) is 11.3 Å². The monoisotopic (exact) mass is 543 g/mol. The maximum absolute atomic E-state index is 12.8. The van der Waals surface area contributed by atoms with Gasteiger partial charge >= 0.3 is 18.0 Å². The average Bonchev–Trinajstić information content (AvgIpc) is 3.24. The van der Waals surface area contributed by atoms with Gasteiger partial charge in [-0.25, -0.2) is 19.1 Å². The fourth-order valence-electron chi connectivity index (χ4n) is 3.57. The zero-order chi connectivity index (χ0) is 26.4. The number of tetrazole rings is 1. The number of hydrogen-bond donors (Lipinski definition) is 4. The first kappa shape index (κ1) is 27.3. The second kappa shape index (κ2) is 12.1. The number of carbonyl (C=O) groups excluding carboxylic acids is 3. The van der Waals surface area contributed by atoms with Crippen molar-refractivity contribution in [1.82, 2.24) is 35.7 Å². The Morgan fingerprint density at radius 2 is 2.06 bits per heavy atom. The molecule has 3 atom stereocenters. The van der Waals surface area contributed by atoms with Gasteiger partial charge in [0.25, 0.3) is 5.91 Å². The minimum Gasteiger partial charge on any atom is -0.480 e. The van der Waals surface area contributed by atoms with Crippen LogP contribution in [0.5, 0.6) is 0 Å². The Balaban J connectivity index is 1.54. The lowest BCUT2D eigenvalue weighted by Crippen LogP contribution is -2.70. The molecule has 0 radical (unpaired) electrons. The summed E-state index contributed by atoms with van der Waals surface area (Å²) < 4.78 is 6.12. The molecule has 0 saturated carbocycles. The minimum atomic E-state index is -1.26. The number of nitrogens with one attached hydrogen (secondary N) is 2. The van der Waals surface area contributed by atoms with Crippen LogP contribution in [0.25, 0.3) is 0 Å². The van der Waals surface area contributed by atoms with E-state index in [4.69, 9.17) is 0 Å². The number of hydrogen-bond acceptors (Lipinski definition) is 11. The van der Waals surface area contributed by atoms with Gasteiger partial charge in [0.05, 0.1) is 6.61 Å². The number of aryl methyl sites for hydroxylation is 1. The van der Waals surface area contributed by atoms with Gasteiger partial charge < -0.3 is 25.6 Å². The second-order valence-corrected chi connectivity index (χ2v) is 9.78. The number of amides is 3. The zero-order valence-electron chi connectivity index (χ0n) is 19.4. The summed E-state index contributed by atoms with van der Waals surface area (Å²) in [5.74, 6) is -2.89. The highest BCUT2D eigenvalue weighted by Gasteiger charge is 2.54. The number of rotatable bonds is 12. The average molecular weight is 544 g/mol. The van der Waals surface area contributed by atoms with Gasteiger partial charge in [0.15, 0.2) is 0 Å². The summed E-state index contributed by atoms with van der Waals surface area (Å²) in [4.78, 5) is 61.0. The van der Waals surface area contributed by atoms with Crippen LogP contribution in [0, 0.1) is 0 Å². The van der Waals surface area contributed by atoms with E-state index >= 15 is 0 Å². The third kappa shape index (κ3) is 6.26. The van der Waals surface area contributed by atoms with E-state index < -0.39 is 47.3 Å². The molecule has 1 aromatic rings. The molecule has 1 saturated heterocycles. The van der Waals surface area contributed by atoms with Gasteiger partial charge in [-0.1, -0.05) is 11.8 Å². The molecule has 36 heavy (non-hydrogen) atoms. The van der Waals surface area contributed by atoms with E-state index in [1.165, 1.54) is 33.1 Å². The predicted octanol–water partition coefficient (Wildman–Crippen LogP) is -0.590. The molecule has 196 valence electrons. The number of thioether (sulfide) groups is 2. The van der Waals surface area contributed by atoms with Gasteiger partial charge in [-0.15, -0.1) is 16.9 Å². The third-order valence-corrected chi connectivity index (χ3v) is 7.72. The Morgan fingerprint density at radius 3 is 2.67 bits per heavy atom. The van der Waals surface area contributed by atoms with Gasteiger partial charge in [0, 0.05) is 25.0 Å². The lowest BCUT2D eigenvalue weighted by molar-refractivity contribution is -0.150. The van der Waals surface area contributed by atoms with Crippen LogP contribution in [0.15, 0.2) is 16.4 Å². The number of carboxylic acids is 2. The van der Waals surface area contributed by atoms with Crippen LogP contribution in [-0.4, -0.2) is 101 Å². The van der Waals surface area contributed by atoms with Crippen LogP contribution >= 0.6 is 23.5 Å². The normalized spacial score (nSPS) is 19.7. The maximum Gasteiger partial charge on any atom is 0.407 e. The number of carboxylic acid groups (broad SMARTS) is 2. The van der Waals surface area contributed by atoms with E-state index in [1.54, 1.807) is 14.0 Å². The van der Waals surface area contributed by atoms with Gasteiger partial charge in [-0.2, -0.15) is 0 Å². The lowest BCUT2D eigenvalue weighted by atomic mass is 10.0. The largest absolute Gasteiger partial charge is 0.480 e. The predicted molar refractivity (Wildman–Crippen MR) is 125 cm³/mol.